The molecule has 4 nitrogen and oxygen atoms in total. The Bertz CT molecular complexity index is 283. The van der Waals surface area contributed by atoms with Crippen molar-refractivity contribution in [3.63, 3.8) is 0 Å². The van der Waals surface area contributed by atoms with Gasteiger partial charge >= 0.3 is 0 Å². The van der Waals surface area contributed by atoms with Crippen molar-refractivity contribution in [3.8, 4) is 0 Å². The zero-order chi connectivity index (χ0) is 10.0. The fourth-order valence-electron chi connectivity index (χ4n) is 1.10. The van der Waals surface area contributed by atoms with Crippen molar-refractivity contribution in [3.05, 3.63) is 16.4 Å². The van der Waals surface area contributed by atoms with Crippen LogP contribution >= 0.6 is 15.9 Å². The third kappa shape index (κ3) is 2.52. The maximum atomic E-state index is 9.05. The van der Waals surface area contributed by atoms with E-state index in [9.17, 15) is 0 Å². The first kappa shape index (κ1) is 10.7. The smallest absolute Gasteiger partial charge is 0.108 e. The van der Waals surface area contributed by atoms with Gasteiger partial charge in [-0.05, 0) is 29.8 Å². The minimum Gasteiger partial charge on any atom is -0.314 e. The van der Waals surface area contributed by atoms with Gasteiger partial charge in [0.25, 0.3) is 0 Å². The van der Waals surface area contributed by atoms with Gasteiger partial charge in [0.1, 0.15) is 4.60 Å². The molecule has 0 saturated carbocycles. The summed E-state index contributed by atoms with van der Waals surface area (Å²) < 4.78 is 2.81. The fraction of sp³-hybridized carbons (Fsp3) is 0.625. The van der Waals surface area contributed by atoms with Crippen molar-refractivity contribution < 1.29 is 5.21 Å². The number of hydrogen-bond donors (Lipinski definition) is 1. The van der Waals surface area contributed by atoms with Crippen LogP contribution in [0.3, 0.4) is 0 Å². The van der Waals surface area contributed by atoms with E-state index in [-0.39, 0.29) is 0 Å². The number of hydroxylamine groups is 2. The molecular weight excluding hydrogens is 234 g/mol. The van der Waals surface area contributed by atoms with Crippen LogP contribution in [0.25, 0.3) is 0 Å². The van der Waals surface area contributed by atoms with E-state index in [2.05, 4.69) is 34.9 Å². The summed E-state index contributed by atoms with van der Waals surface area (Å²) in [6.07, 6.45) is 1.76. The van der Waals surface area contributed by atoms with Gasteiger partial charge in [0.15, 0.2) is 0 Å². The molecule has 0 amide bonds. The van der Waals surface area contributed by atoms with E-state index in [1.54, 1.807) is 13.2 Å². The van der Waals surface area contributed by atoms with Crippen molar-refractivity contribution in [2.75, 3.05) is 7.05 Å². The van der Waals surface area contributed by atoms with Crippen molar-refractivity contribution in [1.29, 1.82) is 0 Å². The molecule has 0 radical (unpaired) electrons. The van der Waals surface area contributed by atoms with Gasteiger partial charge in [0.2, 0.25) is 0 Å². The lowest BCUT2D eigenvalue weighted by atomic mass is 10.3. The summed E-state index contributed by atoms with van der Waals surface area (Å²) in [6.45, 7) is 4.60. The number of hydrogen-bond acceptors (Lipinski definition) is 3. The van der Waals surface area contributed by atoms with E-state index in [0.717, 1.165) is 15.2 Å². The van der Waals surface area contributed by atoms with E-state index >= 15 is 0 Å². The van der Waals surface area contributed by atoms with Crippen LogP contribution in [-0.2, 0) is 6.54 Å². The van der Waals surface area contributed by atoms with Crippen LogP contribution in [0, 0.1) is 0 Å². The molecule has 0 aliphatic carbocycles. The Labute approximate surface area is 86.2 Å². The highest BCUT2D eigenvalue weighted by Crippen LogP contribution is 2.20. The number of aromatic nitrogens is 2. The van der Waals surface area contributed by atoms with E-state index in [0.29, 0.717) is 12.6 Å². The Morgan fingerprint density at radius 2 is 2.31 bits per heavy atom. The van der Waals surface area contributed by atoms with Gasteiger partial charge in [-0.1, -0.05) is 0 Å². The fourth-order valence-corrected chi connectivity index (χ4v) is 1.82. The lowest BCUT2D eigenvalue weighted by molar-refractivity contribution is -0.0733. The molecule has 1 heterocycles. The van der Waals surface area contributed by atoms with Gasteiger partial charge in [-0.15, -0.1) is 0 Å². The molecular formula is C8H14BrN3O. The molecule has 1 aromatic rings. The summed E-state index contributed by atoms with van der Waals surface area (Å²) >= 11 is 3.44. The van der Waals surface area contributed by atoms with Gasteiger partial charge in [-0.25, -0.2) is 0 Å². The zero-order valence-corrected chi connectivity index (χ0v) is 9.61. The molecule has 0 aliphatic rings. The minimum absolute atomic E-state index is 0.326. The molecule has 0 aromatic carbocycles. The van der Waals surface area contributed by atoms with Crippen LogP contribution in [0.4, 0.5) is 0 Å². The van der Waals surface area contributed by atoms with Crippen LogP contribution in [0.5, 0.6) is 0 Å². The standard InChI is InChI=1S/C8H14BrN3O/c1-6(2)12-8(9)7(4-10-12)5-11(3)13/h4,6,13H,5H2,1-3H3. The summed E-state index contributed by atoms with van der Waals surface area (Å²) in [6, 6.07) is 0.326. The molecule has 0 aliphatic heterocycles. The van der Waals surface area contributed by atoms with E-state index in [4.69, 9.17) is 5.21 Å². The maximum absolute atomic E-state index is 9.05. The van der Waals surface area contributed by atoms with Crippen LogP contribution in [-0.4, -0.2) is 27.1 Å². The summed E-state index contributed by atoms with van der Waals surface area (Å²) in [5.74, 6) is 0. The molecule has 0 saturated heterocycles. The van der Waals surface area contributed by atoms with Gasteiger partial charge in [-0.3, -0.25) is 4.68 Å². The van der Waals surface area contributed by atoms with Crippen LogP contribution < -0.4 is 0 Å². The van der Waals surface area contributed by atoms with Crippen molar-refractivity contribution in [2.45, 2.75) is 26.4 Å². The molecule has 0 spiro atoms. The topological polar surface area (TPSA) is 41.3 Å². The predicted molar refractivity (Wildman–Crippen MR) is 53.6 cm³/mol. The Morgan fingerprint density at radius 1 is 1.69 bits per heavy atom. The minimum atomic E-state index is 0.326. The Kier molecular flexibility index (Phi) is 3.47. The van der Waals surface area contributed by atoms with Crippen LogP contribution in [0.15, 0.2) is 10.8 Å². The molecule has 74 valence electrons. The first-order valence-corrected chi connectivity index (χ1v) is 4.93. The van der Waals surface area contributed by atoms with Crippen molar-refractivity contribution in [2.24, 2.45) is 0 Å². The molecule has 13 heavy (non-hydrogen) atoms. The third-order valence-corrected chi connectivity index (χ3v) is 2.57. The Hall–Kier alpha value is -0.390. The lowest BCUT2D eigenvalue weighted by Gasteiger charge is -2.09. The van der Waals surface area contributed by atoms with E-state index < -0.39 is 0 Å². The molecule has 0 unspecified atom stereocenters. The lowest BCUT2D eigenvalue weighted by Crippen LogP contribution is -2.12. The molecule has 1 N–H and O–H groups in total. The normalized spacial score (nSPS) is 11.6. The highest BCUT2D eigenvalue weighted by molar-refractivity contribution is 9.10. The van der Waals surface area contributed by atoms with E-state index in [1.807, 2.05) is 4.68 Å². The molecule has 0 atom stereocenters. The summed E-state index contributed by atoms with van der Waals surface area (Å²) in [5.41, 5.74) is 0.985. The van der Waals surface area contributed by atoms with Gasteiger partial charge < -0.3 is 5.21 Å². The zero-order valence-electron chi connectivity index (χ0n) is 8.03. The quantitative estimate of drug-likeness (QED) is 0.832. The van der Waals surface area contributed by atoms with Gasteiger partial charge in [-0.2, -0.15) is 10.2 Å². The average Bonchev–Trinajstić information content (AvgIpc) is 2.32. The average molecular weight is 248 g/mol. The summed E-state index contributed by atoms with van der Waals surface area (Å²) in [7, 11) is 1.61. The summed E-state index contributed by atoms with van der Waals surface area (Å²) in [5, 5.41) is 14.4. The van der Waals surface area contributed by atoms with Crippen molar-refractivity contribution >= 4 is 15.9 Å². The molecule has 5 heteroatoms. The van der Waals surface area contributed by atoms with Crippen LogP contribution in [0.1, 0.15) is 25.5 Å². The predicted octanol–water partition coefficient (Wildman–Crippen LogP) is 2.05. The van der Waals surface area contributed by atoms with Crippen LogP contribution in [0.2, 0.25) is 0 Å². The van der Waals surface area contributed by atoms with Gasteiger partial charge in [0, 0.05) is 18.7 Å². The Morgan fingerprint density at radius 3 is 2.69 bits per heavy atom. The summed E-state index contributed by atoms with van der Waals surface area (Å²) in [4.78, 5) is 0. The van der Waals surface area contributed by atoms with Gasteiger partial charge in [0.05, 0.1) is 12.7 Å². The largest absolute Gasteiger partial charge is 0.314 e. The first-order valence-electron chi connectivity index (χ1n) is 4.14. The highest BCUT2D eigenvalue weighted by atomic mass is 79.9. The Balaban J connectivity index is 2.86. The molecule has 0 fully saturated rings. The van der Waals surface area contributed by atoms with Crippen molar-refractivity contribution in [1.82, 2.24) is 14.8 Å². The van der Waals surface area contributed by atoms with E-state index in [1.165, 1.54) is 0 Å². The number of halogens is 1. The molecule has 1 aromatic heterocycles. The second kappa shape index (κ2) is 4.21. The molecule has 0 bridgehead atoms. The third-order valence-electron chi connectivity index (χ3n) is 1.69. The second-order valence-electron chi connectivity index (χ2n) is 3.31. The second-order valence-corrected chi connectivity index (χ2v) is 4.07. The molecule has 1 rings (SSSR count). The SMILES string of the molecule is CC(C)n1ncc(CN(C)O)c1Br. The monoisotopic (exact) mass is 247 g/mol. The first-order chi connectivity index (χ1) is 6.02. The number of rotatable bonds is 3. The highest BCUT2D eigenvalue weighted by Gasteiger charge is 2.10. The number of nitrogens with zero attached hydrogens (tertiary/aromatic N) is 3. The maximum Gasteiger partial charge on any atom is 0.108 e.